The maximum Gasteiger partial charge on any atom is 0.257 e. The van der Waals surface area contributed by atoms with E-state index < -0.39 is 0 Å². The molecule has 0 atom stereocenters. The molecular formula is C27H30N2O5S. The van der Waals surface area contributed by atoms with Gasteiger partial charge in [-0.2, -0.15) is 11.8 Å². The Hall–Kier alpha value is -3.52. The van der Waals surface area contributed by atoms with Crippen molar-refractivity contribution < 1.29 is 23.9 Å². The molecule has 0 aliphatic carbocycles. The zero-order chi connectivity index (χ0) is 25.0. The number of likely N-dealkylation sites (N-methyl/N-ethyl adjacent to an activating group) is 2. The smallest absolute Gasteiger partial charge is 0.257 e. The van der Waals surface area contributed by atoms with Gasteiger partial charge >= 0.3 is 0 Å². The van der Waals surface area contributed by atoms with Gasteiger partial charge in [-0.3, -0.25) is 14.4 Å². The summed E-state index contributed by atoms with van der Waals surface area (Å²) >= 11 is 1.70. The van der Waals surface area contributed by atoms with Crippen LogP contribution in [0.5, 0.6) is 11.5 Å². The molecule has 1 aliphatic rings. The first-order valence-electron chi connectivity index (χ1n) is 11.5. The maximum atomic E-state index is 13.1. The summed E-state index contributed by atoms with van der Waals surface area (Å²) in [4.78, 5) is 36.1. The van der Waals surface area contributed by atoms with Crippen molar-refractivity contribution in [2.24, 2.45) is 0 Å². The molecule has 1 aliphatic heterocycles. The van der Waals surface area contributed by atoms with Gasteiger partial charge in [0.25, 0.3) is 11.8 Å². The van der Waals surface area contributed by atoms with E-state index in [0.29, 0.717) is 36.1 Å². The predicted molar refractivity (Wildman–Crippen MR) is 140 cm³/mol. The first-order valence-corrected chi connectivity index (χ1v) is 12.7. The molecule has 184 valence electrons. The SMILES string of the molecule is CCNC(=O)COc1ccc(/C=C2\CSC/C(=C/c3ccc(OCC(=O)NCC)cc3)C2=O)cc1. The number of hydrogen-bond donors (Lipinski definition) is 2. The molecule has 3 rings (SSSR count). The highest BCUT2D eigenvalue weighted by molar-refractivity contribution is 7.99. The molecule has 35 heavy (non-hydrogen) atoms. The highest BCUT2D eigenvalue weighted by Crippen LogP contribution is 2.27. The first-order chi connectivity index (χ1) is 17.0. The number of rotatable bonds is 10. The average Bonchev–Trinajstić information content (AvgIpc) is 2.86. The molecule has 8 heteroatoms. The van der Waals surface area contributed by atoms with Gasteiger partial charge in [0.1, 0.15) is 11.5 Å². The topological polar surface area (TPSA) is 93.7 Å². The van der Waals surface area contributed by atoms with Crippen molar-refractivity contribution in [2.75, 3.05) is 37.8 Å². The molecule has 0 spiro atoms. The molecule has 2 aromatic carbocycles. The zero-order valence-electron chi connectivity index (χ0n) is 20.0. The Labute approximate surface area is 210 Å². The third kappa shape index (κ3) is 8.33. The van der Waals surface area contributed by atoms with Crippen LogP contribution in [-0.4, -0.2) is 55.4 Å². The van der Waals surface area contributed by atoms with Gasteiger partial charge in [-0.05, 0) is 61.4 Å². The molecule has 0 bridgehead atoms. The predicted octanol–water partition coefficient (Wildman–Crippen LogP) is 3.50. The minimum absolute atomic E-state index is 0.0289. The fourth-order valence-electron chi connectivity index (χ4n) is 3.34. The van der Waals surface area contributed by atoms with Crippen molar-refractivity contribution in [2.45, 2.75) is 13.8 Å². The van der Waals surface area contributed by atoms with E-state index >= 15 is 0 Å². The van der Waals surface area contributed by atoms with E-state index in [1.54, 1.807) is 36.0 Å². The maximum absolute atomic E-state index is 13.1. The Morgan fingerprint density at radius 1 is 0.771 bits per heavy atom. The third-order valence-corrected chi connectivity index (χ3v) is 6.06. The van der Waals surface area contributed by atoms with Gasteiger partial charge in [0.05, 0.1) is 0 Å². The number of benzene rings is 2. The number of carbonyl (C=O) groups excluding carboxylic acids is 3. The number of nitrogens with one attached hydrogen (secondary N) is 2. The van der Waals surface area contributed by atoms with E-state index in [1.165, 1.54) is 0 Å². The molecule has 0 aromatic heterocycles. The van der Waals surface area contributed by atoms with Gasteiger partial charge in [-0.1, -0.05) is 24.3 Å². The lowest BCUT2D eigenvalue weighted by Crippen LogP contribution is -2.28. The Kier molecular flexibility index (Phi) is 9.98. The quantitative estimate of drug-likeness (QED) is 0.491. The van der Waals surface area contributed by atoms with Crippen molar-refractivity contribution >= 4 is 41.5 Å². The first kappa shape index (κ1) is 26.1. The summed E-state index contributed by atoms with van der Waals surface area (Å²) in [5.41, 5.74) is 3.28. The molecule has 2 N–H and O–H groups in total. The molecule has 0 saturated carbocycles. The van der Waals surface area contributed by atoms with Crippen molar-refractivity contribution in [1.82, 2.24) is 10.6 Å². The molecule has 7 nitrogen and oxygen atoms in total. The van der Waals surface area contributed by atoms with Gasteiger partial charge in [-0.15, -0.1) is 0 Å². The van der Waals surface area contributed by atoms with Crippen molar-refractivity contribution in [3.05, 3.63) is 70.8 Å². The van der Waals surface area contributed by atoms with Crippen LogP contribution in [0, 0.1) is 0 Å². The van der Waals surface area contributed by atoms with Crippen LogP contribution in [0.4, 0.5) is 0 Å². The lowest BCUT2D eigenvalue weighted by atomic mass is 10.0. The number of ketones is 1. The summed E-state index contributed by atoms with van der Waals surface area (Å²) in [5.74, 6) is 2.21. The zero-order valence-corrected chi connectivity index (χ0v) is 20.8. The molecule has 0 radical (unpaired) electrons. The number of Topliss-reactive ketones (excluding diaryl/α,β-unsaturated/α-hetero) is 1. The van der Waals surface area contributed by atoms with Crippen molar-refractivity contribution in [3.8, 4) is 11.5 Å². The number of carbonyl (C=O) groups is 3. The summed E-state index contributed by atoms with van der Waals surface area (Å²) in [7, 11) is 0. The lowest BCUT2D eigenvalue weighted by Gasteiger charge is -2.16. The van der Waals surface area contributed by atoms with Gasteiger partial charge in [-0.25, -0.2) is 0 Å². The molecular weight excluding hydrogens is 464 g/mol. The van der Waals surface area contributed by atoms with Gasteiger partial charge in [0.15, 0.2) is 19.0 Å². The van der Waals surface area contributed by atoms with Gasteiger partial charge in [0, 0.05) is 35.7 Å². The minimum Gasteiger partial charge on any atom is -0.484 e. The second kappa shape index (κ2) is 13.4. The van der Waals surface area contributed by atoms with E-state index in [0.717, 1.165) is 22.3 Å². The lowest BCUT2D eigenvalue weighted by molar-refractivity contribution is -0.123. The van der Waals surface area contributed by atoms with Crippen LogP contribution in [-0.2, 0) is 14.4 Å². The van der Waals surface area contributed by atoms with E-state index in [-0.39, 0.29) is 30.8 Å². The molecule has 1 saturated heterocycles. The van der Waals surface area contributed by atoms with Crippen LogP contribution in [0.3, 0.4) is 0 Å². The van der Waals surface area contributed by atoms with E-state index in [2.05, 4.69) is 10.6 Å². The van der Waals surface area contributed by atoms with Crippen LogP contribution < -0.4 is 20.1 Å². The molecule has 1 heterocycles. The van der Waals surface area contributed by atoms with Crippen LogP contribution in [0.25, 0.3) is 12.2 Å². The normalized spacial score (nSPS) is 15.7. The van der Waals surface area contributed by atoms with Crippen LogP contribution in [0.15, 0.2) is 59.7 Å². The van der Waals surface area contributed by atoms with Gasteiger partial charge in [0.2, 0.25) is 0 Å². The number of amides is 2. The monoisotopic (exact) mass is 494 g/mol. The fraction of sp³-hybridized carbons (Fsp3) is 0.296. The van der Waals surface area contributed by atoms with Crippen LogP contribution in [0.2, 0.25) is 0 Å². The van der Waals surface area contributed by atoms with Crippen molar-refractivity contribution in [1.29, 1.82) is 0 Å². The number of ether oxygens (including phenoxy) is 2. The third-order valence-electron chi connectivity index (χ3n) is 5.03. The highest BCUT2D eigenvalue weighted by Gasteiger charge is 2.21. The summed E-state index contributed by atoms with van der Waals surface area (Å²) in [6.45, 7) is 4.79. The largest absolute Gasteiger partial charge is 0.484 e. The molecule has 0 unspecified atom stereocenters. The standard InChI is InChI=1S/C27H30N2O5S/c1-3-28-25(30)15-33-23-9-5-19(6-10-23)13-21-17-35-18-22(27(21)32)14-20-7-11-24(12-8-20)34-16-26(31)29-4-2/h5-14H,3-4,15-18H2,1-2H3,(H,28,30)(H,29,31)/b21-13-,22-14+. The highest BCUT2D eigenvalue weighted by atomic mass is 32.2. The van der Waals surface area contributed by atoms with Gasteiger partial charge < -0.3 is 20.1 Å². The molecule has 2 amide bonds. The fourth-order valence-corrected chi connectivity index (χ4v) is 4.31. The van der Waals surface area contributed by atoms with Crippen LogP contribution in [0.1, 0.15) is 25.0 Å². The molecule has 1 fully saturated rings. The second-order valence-electron chi connectivity index (χ2n) is 7.78. The van der Waals surface area contributed by atoms with E-state index in [9.17, 15) is 14.4 Å². The second-order valence-corrected chi connectivity index (χ2v) is 8.77. The summed E-state index contributed by atoms with van der Waals surface area (Å²) < 4.78 is 10.9. The minimum atomic E-state index is -0.163. The van der Waals surface area contributed by atoms with E-state index in [4.69, 9.17) is 9.47 Å². The average molecular weight is 495 g/mol. The number of hydrogen-bond acceptors (Lipinski definition) is 6. The Balaban J connectivity index is 1.61. The Morgan fingerprint density at radius 3 is 1.54 bits per heavy atom. The summed E-state index contributed by atoms with van der Waals surface area (Å²) in [6, 6.07) is 14.6. The summed E-state index contributed by atoms with van der Waals surface area (Å²) in [6.07, 6.45) is 3.79. The van der Waals surface area contributed by atoms with Crippen LogP contribution >= 0.6 is 11.8 Å². The Morgan fingerprint density at radius 2 is 1.17 bits per heavy atom. The summed E-state index contributed by atoms with van der Waals surface area (Å²) in [5, 5.41) is 5.37. The Bertz CT molecular complexity index is 1010. The van der Waals surface area contributed by atoms with Crippen molar-refractivity contribution in [3.63, 3.8) is 0 Å². The number of thioether (sulfide) groups is 1. The molecule has 2 aromatic rings. The van der Waals surface area contributed by atoms with E-state index in [1.807, 2.05) is 50.3 Å².